The average molecular weight is 454 g/mol. The molecule has 6 heteroatoms. The molecule has 1 spiro atoms. The summed E-state index contributed by atoms with van der Waals surface area (Å²) in [4.78, 5) is 13.8. The second kappa shape index (κ2) is 8.20. The van der Waals surface area contributed by atoms with Gasteiger partial charge in [0.1, 0.15) is 17.2 Å². The zero-order chi connectivity index (χ0) is 23.1. The average Bonchev–Trinajstić information content (AvgIpc) is 3.33. The largest absolute Gasteiger partial charge is 0.466 e. The van der Waals surface area contributed by atoms with E-state index in [0.29, 0.717) is 13.1 Å². The zero-order valence-corrected chi connectivity index (χ0v) is 19.2. The van der Waals surface area contributed by atoms with E-state index in [2.05, 4.69) is 35.3 Å². The first kappa shape index (κ1) is 20.8. The Kier molecular flexibility index (Phi) is 5.01. The SMILES string of the molecule is CC(=O)N1CCC2(CC1)Oc1ccccc1[C@H]1CC(c3ccc(Oc4ccccc4)cc3)=NN12. The van der Waals surface area contributed by atoms with Gasteiger partial charge in [0.05, 0.1) is 11.8 Å². The van der Waals surface area contributed by atoms with Crippen LogP contribution in [-0.4, -0.2) is 40.3 Å². The second-order valence-electron chi connectivity index (χ2n) is 9.14. The number of likely N-dealkylation sites (tertiary alicyclic amines) is 1. The van der Waals surface area contributed by atoms with Crippen LogP contribution in [0.5, 0.6) is 17.2 Å². The molecule has 1 saturated heterocycles. The molecular formula is C28H27N3O3. The van der Waals surface area contributed by atoms with E-state index < -0.39 is 5.72 Å². The third kappa shape index (κ3) is 3.59. The van der Waals surface area contributed by atoms with Gasteiger partial charge in [0.15, 0.2) is 0 Å². The molecule has 3 aliphatic heterocycles. The van der Waals surface area contributed by atoms with Crippen LogP contribution in [-0.2, 0) is 4.79 Å². The normalized spacial score (nSPS) is 20.3. The predicted molar refractivity (Wildman–Crippen MR) is 130 cm³/mol. The quantitative estimate of drug-likeness (QED) is 0.536. The summed E-state index contributed by atoms with van der Waals surface area (Å²) in [6, 6.07) is 26.3. The minimum Gasteiger partial charge on any atom is -0.466 e. The van der Waals surface area contributed by atoms with Crippen molar-refractivity contribution in [1.82, 2.24) is 9.91 Å². The number of ether oxygens (including phenoxy) is 2. The van der Waals surface area contributed by atoms with Crippen LogP contribution in [0.2, 0.25) is 0 Å². The summed E-state index contributed by atoms with van der Waals surface area (Å²) < 4.78 is 12.6. The van der Waals surface area contributed by atoms with Gasteiger partial charge in [-0.05, 0) is 48.0 Å². The van der Waals surface area contributed by atoms with Crippen molar-refractivity contribution in [3.63, 3.8) is 0 Å². The van der Waals surface area contributed by atoms with Gasteiger partial charge >= 0.3 is 0 Å². The fraction of sp³-hybridized carbons (Fsp3) is 0.286. The number of benzene rings is 3. The van der Waals surface area contributed by atoms with Gasteiger partial charge in [-0.15, -0.1) is 0 Å². The van der Waals surface area contributed by atoms with Gasteiger partial charge in [0.2, 0.25) is 11.6 Å². The van der Waals surface area contributed by atoms with Crippen molar-refractivity contribution in [3.05, 3.63) is 90.0 Å². The Bertz CT molecular complexity index is 1230. The molecule has 1 atom stereocenters. The van der Waals surface area contributed by atoms with Crippen LogP contribution in [0, 0.1) is 0 Å². The summed E-state index contributed by atoms with van der Waals surface area (Å²) >= 11 is 0. The number of hydrogen-bond donors (Lipinski definition) is 0. The minimum absolute atomic E-state index is 0.117. The van der Waals surface area contributed by atoms with Crippen molar-refractivity contribution in [3.8, 4) is 17.2 Å². The highest BCUT2D eigenvalue weighted by Crippen LogP contribution is 2.49. The lowest BCUT2D eigenvalue weighted by Gasteiger charge is -2.51. The highest BCUT2D eigenvalue weighted by atomic mass is 16.5. The van der Waals surface area contributed by atoms with E-state index in [-0.39, 0.29) is 11.9 Å². The molecule has 0 aromatic heterocycles. The summed E-state index contributed by atoms with van der Waals surface area (Å²) in [5.74, 6) is 2.67. The molecule has 0 unspecified atom stereocenters. The van der Waals surface area contributed by atoms with Gasteiger partial charge in [-0.3, -0.25) is 4.79 Å². The first-order valence-electron chi connectivity index (χ1n) is 11.8. The van der Waals surface area contributed by atoms with E-state index in [9.17, 15) is 4.79 Å². The molecule has 3 aliphatic rings. The molecule has 1 amide bonds. The van der Waals surface area contributed by atoms with E-state index in [1.54, 1.807) is 6.92 Å². The number of amides is 1. The fourth-order valence-electron chi connectivity index (χ4n) is 5.24. The minimum atomic E-state index is -0.525. The lowest BCUT2D eigenvalue weighted by molar-refractivity contribution is -0.158. The van der Waals surface area contributed by atoms with Gasteiger partial charge in [-0.25, -0.2) is 5.01 Å². The molecule has 0 bridgehead atoms. The van der Waals surface area contributed by atoms with Crippen LogP contribution in [0.1, 0.15) is 43.4 Å². The van der Waals surface area contributed by atoms with Crippen molar-refractivity contribution in [2.45, 2.75) is 38.0 Å². The fourth-order valence-corrected chi connectivity index (χ4v) is 5.24. The maximum absolute atomic E-state index is 11.9. The standard InChI is InChI=1S/C28H27N3O3/c1-20(32)30-17-15-28(16-18-30)31-26(24-9-5-6-10-27(24)34-28)19-25(29-31)21-11-13-23(14-12-21)33-22-7-3-2-4-8-22/h2-14,26H,15-19H2,1H3/t26-/m1/s1. The summed E-state index contributed by atoms with van der Waals surface area (Å²) in [7, 11) is 0. The van der Waals surface area contributed by atoms with Crippen molar-refractivity contribution in [2.75, 3.05) is 13.1 Å². The van der Waals surface area contributed by atoms with Crippen molar-refractivity contribution in [1.29, 1.82) is 0 Å². The van der Waals surface area contributed by atoms with Crippen LogP contribution in [0.25, 0.3) is 0 Å². The Morgan fingerprint density at radius 1 is 0.941 bits per heavy atom. The van der Waals surface area contributed by atoms with Crippen LogP contribution >= 0.6 is 0 Å². The number of hydrazone groups is 1. The highest BCUT2D eigenvalue weighted by molar-refractivity contribution is 6.02. The second-order valence-corrected chi connectivity index (χ2v) is 9.14. The Labute approximate surface area is 199 Å². The Balaban J connectivity index is 1.29. The summed E-state index contributed by atoms with van der Waals surface area (Å²) in [5, 5.41) is 7.30. The molecule has 34 heavy (non-hydrogen) atoms. The van der Waals surface area contributed by atoms with Crippen LogP contribution in [0.15, 0.2) is 84.0 Å². The van der Waals surface area contributed by atoms with E-state index in [4.69, 9.17) is 14.6 Å². The lowest BCUT2D eigenvalue weighted by atomic mass is 9.90. The number of fused-ring (bicyclic) bond motifs is 4. The smallest absolute Gasteiger partial charge is 0.219 e. The predicted octanol–water partition coefficient (Wildman–Crippen LogP) is 5.36. The first-order valence-corrected chi connectivity index (χ1v) is 11.8. The number of piperidine rings is 1. The molecular weight excluding hydrogens is 426 g/mol. The molecule has 0 saturated carbocycles. The number of hydrogen-bond acceptors (Lipinski definition) is 5. The van der Waals surface area contributed by atoms with E-state index in [1.807, 2.05) is 53.4 Å². The number of carbonyl (C=O) groups is 1. The number of rotatable bonds is 3. The molecule has 6 nitrogen and oxygen atoms in total. The number of nitrogens with zero attached hydrogens (tertiary/aromatic N) is 3. The molecule has 0 N–H and O–H groups in total. The summed E-state index contributed by atoms with van der Waals surface area (Å²) in [6.07, 6.45) is 2.29. The first-order chi connectivity index (χ1) is 16.6. The van der Waals surface area contributed by atoms with Gasteiger partial charge in [-0.2, -0.15) is 5.10 Å². The van der Waals surface area contributed by atoms with Crippen molar-refractivity contribution in [2.24, 2.45) is 5.10 Å². The molecule has 0 radical (unpaired) electrons. The molecule has 0 aliphatic carbocycles. The monoisotopic (exact) mass is 453 g/mol. The zero-order valence-electron chi connectivity index (χ0n) is 19.2. The van der Waals surface area contributed by atoms with Gasteiger partial charge < -0.3 is 14.4 Å². The maximum atomic E-state index is 11.9. The third-order valence-electron chi connectivity index (χ3n) is 7.06. The Hall–Kier alpha value is -3.80. The molecule has 3 aromatic carbocycles. The van der Waals surface area contributed by atoms with Crippen molar-refractivity contribution >= 4 is 11.6 Å². The third-order valence-corrected chi connectivity index (χ3v) is 7.06. The molecule has 3 aromatic rings. The highest BCUT2D eigenvalue weighted by Gasteiger charge is 2.52. The summed E-state index contributed by atoms with van der Waals surface area (Å²) in [5.41, 5.74) is 2.78. The van der Waals surface area contributed by atoms with Crippen LogP contribution < -0.4 is 9.47 Å². The molecule has 6 rings (SSSR count). The van der Waals surface area contributed by atoms with E-state index in [1.165, 1.54) is 5.56 Å². The summed E-state index contributed by atoms with van der Waals surface area (Å²) in [6.45, 7) is 2.99. The lowest BCUT2D eigenvalue weighted by Crippen LogP contribution is -2.59. The molecule has 3 heterocycles. The number of carbonyl (C=O) groups excluding carboxylic acids is 1. The Morgan fingerprint density at radius 3 is 2.35 bits per heavy atom. The molecule has 172 valence electrons. The van der Waals surface area contributed by atoms with Crippen molar-refractivity contribution < 1.29 is 14.3 Å². The van der Waals surface area contributed by atoms with Crippen LogP contribution in [0.4, 0.5) is 0 Å². The maximum Gasteiger partial charge on any atom is 0.219 e. The van der Waals surface area contributed by atoms with Gasteiger partial charge in [0, 0.05) is 44.8 Å². The van der Waals surface area contributed by atoms with Gasteiger partial charge in [-0.1, -0.05) is 36.4 Å². The number of para-hydroxylation sites is 2. The van der Waals surface area contributed by atoms with Crippen LogP contribution in [0.3, 0.4) is 0 Å². The molecule has 1 fully saturated rings. The van der Waals surface area contributed by atoms with E-state index in [0.717, 1.165) is 47.8 Å². The topological polar surface area (TPSA) is 54.4 Å². The Morgan fingerprint density at radius 2 is 1.62 bits per heavy atom. The van der Waals surface area contributed by atoms with Gasteiger partial charge in [0.25, 0.3) is 0 Å². The van der Waals surface area contributed by atoms with E-state index >= 15 is 0 Å².